The number of hydrogen-bond donors (Lipinski definition) is 1. The van der Waals surface area contributed by atoms with Gasteiger partial charge in [0.1, 0.15) is 5.82 Å². The van der Waals surface area contributed by atoms with Gasteiger partial charge in [-0.2, -0.15) is 13.2 Å². The molecule has 2 aromatic rings. The van der Waals surface area contributed by atoms with Gasteiger partial charge in [-0.3, -0.25) is 0 Å². The van der Waals surface area contributed by atoms with Gasteiger partial charge >= 0.3 is 12.2 Å². The fourth-order valence-electron chi connectivity index (χ4n) is 4.62. The first kappa shape index (κ1) is 22.4. The van der Waals surface area contributed by atoms with E-state index in [4.69, 9.17) is 4.98 Å². The Morgan fingerprint density at radius 1 is 1.19 bits per heavy atom. The van der Waals surface area contributed by atoms with Gasteiger partial charge in [-0.15, -0.1) is 0 Å². The van der Waals surface area contributed by atoms with Gasteiger partial charge in [0.15, 0.2) is 0 Å². The molecule has 0 bridgehead atoms. The summed E-state index contributed by atoms with van der Waals surface area (Å²) in [5.74, 6) is 0.976. The average Bonchev–Trinajstić information content (AvgIpc) is 3.14. The van der Waals surface area contributed by atoms with Gasteiger partial charge < -0.3 is 15.1 Å². The highest BCUT2D eigenvalue weighted by molar-refractivity contribution is 5.77. The zero-order valence-corrected chi connectivity index (χ0v) is 18.3. The Balaban J connectivity index is 1.36. The lowest BCUT2D eigenvalue weighted by atomic mass is 10.0. The predicted molar refractivity (Wildman–Crippen MR) is 118 cm³/mol. The van der Waals surface area contributed by atoms with Crippen LogP contribution in [0.1, 0.15) is 54.6 Å². The summed E-state index contributed by atoms with van der Waals surface area (Å²) in [7, 11) is 0. The summed E-state index contributed by atoms with van der Waals surface area (Å²) < 4.78 is 39.4. The first-order chi connectivity index (χ1) is 15.4. The molecule has 0 spiro atoms. The summed E-state index contributed by atoms with van der Waals surface area (Å²) in [6.45, 7) is 4.57. The van der Waals surface area contributed by atoms with Crippen molar-refractivity contribution in [3.8, 4) is 0 Å². The zero-order valence-electron chi connectivity index (χ0n) is 18.3. The van der Waals surface area contributed by atoms with Crippen molar-refractivity contribution in [1.82, 2.24) is 14.8 Å². The molecular weight excluding hydrogens is 417 g/mol. The van der Waals surface area contributed by atoms with Crippen LogP contribution in [-0.4, -0.2) is 47.0 Å². The van der Waals surface area contributed by atoms with Gasteiger partial charge in [-0.05, 0) is 61.4 Å². The van der Waals surface area contributed by atoms with Gasteiger partial charge in [0.25, 0.3) is 0 Å². The number of hydrogen-bond acceptors (Lipinski definition) is 3. The van der Waals surface area contributed by atoms with Crippen molar-refractivity contribution >= 4 is 11.8 Å². The number of aryl methyl sites for hydroxylation is 2. The number of aromatic nitrogens is 1. The molecule has 1 fully saturated rings. The third kappa shape index (κ3) is 4.84. The summed E-state index contributed by atoms with van der Waals surface area (Å²) in [4.78, 5) is 21.2. The highest BCUT2D eigenvalue weighted by atomic mass is 19.4. The van der Waals surface area contributed by atoms with E-state index in [1.165, 1.54) is 17.7 Å². The number of anilines is 1. The molecule has 1 N–H and O–H groups in total. The Labute approximate surface area is 186 Å². The number of carbonyl (C=O) groups excluding carboxylic acids is 1. The van der Waals surface area contributed by atoms with E-state index in [9.17, 15) is 18.0 Å². The van der Waals surface area contributed by atoms with Crippen LogP contribution in [0.15, 0.2) is 36.4 Å². The van der Waals surface area contributed by atoms with E-state index in [0.29, 0.717) is 31.6 Å². The summed E-state index contributed by atoms with van der Waals surface area (Å²) in [5.41, 5.74) is 2.12. The molecule has 0 saturated carbocycles. The van der Waals surface area contributed by atoms with Crippen LogP contribution in [0.2, 0.25) is 0 Å². The molecule has 1 atom stereocenters. The number of urea groups is 1. The Morgan fingerprint density at radius 3 is 2.81 bits per heavy atom. The molecule has 0 unspecified atom stereocenters. The van der Waals surface area contributed by atoms with Crippen LogP contribution in [0, 0.1) is 0 Å². The molecule has 1 aromatic heterocycles. The van der Waals surface area contributed by atoms with Gasteiger partial charge in [0, 0.05) is 31.9 Å². The molecule has 1 saturated heterocycles. The fourth-order valence-corrected chi connectivity index (χ4v) is 4.62. The van der Waals surface area contributed by atoms with Crippen molar-refractivity contribution in [2.24, 2.45) is 0 Å². The molecule has 32 heavy (non-hydrogen) atoms. The Kier molecular flexibility index (Phi) is 6.58. The molecule has 1 aromatic carbocycles. The van der Waals surface area contributed by atoms with Crippen molar-refractivity contribution in [3.63, 3.8) is 0 Å². The quantitative estimate of drug-likeness (QED) is 0.630. The first-order valence-corrected chi connectivity index (χ1v) is 11.3. The SMILES string of the molecule is CC[C@@H](c1cccc(C(F)(F)F)c1)N1CCN(CCCc2ccc3c(n2)NCCC3)C1=O. The maximum Gasteiger partial charge on any atom is 0.416 e. The number of nitrogens with zero attached hydrogens (tertiary/aromatic N) is 3. The summed E-state index contributed by atoms with van der Waals surface area (Å²) in [6.07, 6.45) is -0.0725. The number of carbonyl (C=O) groups is 1. The molecule has 5 nitrogen and oxygen atoms in total. The number of nitrogens with one attached hydrogen (secondary N) is 1. The topological polar surface area (TPSA) is 48.5 Å². The zero-order chi connectivity index (χ0) is 22.7. The van der Waals surface area contributed by atoms with Gasteiger partial charge in [0.05, 0.1) is 11.6 Å². The molecule has 0 radical (unpaired) electrons. The van der Waals surface area contributed by atoms with E-state index >= 15 is 0 Å². The molecule has 3 heterocycles. The molecular formula is C24H29F3N4O. The number of halogens is 3. The molecule has 0 aliphatic carbocycles. The van der Waals surface area contributed by atoms with Crippen molar-refractivity contribution < 1.29 is 18.0 Å². The molecule has 4 rings (SSSR count). The minimum Gasteiger partial charge on any atom is -0.370 e. The third-order valence-electron chi connectivity index (χ3n) is 6.30. The van der Waals surface area contributed by atoms with Crippen LogP contribution < -0.4 is 5.32 Å². The van der Waals surface area contributed by atoms with Crippen LogP contribution in [0.25, 0.3) is 0 Å². The highest BCUT2D eigenvalue weighted by Gasteiger charge is 2.35. The predicted octanol–water partition coefficient (Wildman–Crippen LogP) is 5.28. The molecule has 8 heteroatoms. The van der Waals surface area contributed by atoms with Crippen LogP contribution in [0.4, 0.5) is 23.8 Å². The van der Waals surface area contributed by atoms with Crippen molar-refractivity contribution in [1.29, 1.82) is 0 Å². The van der Waals surface area contributed by atoms with Crippen LogP contribution in [-0.2, 0) is 19.0 Å². The lowest BCUT2D eigenvalue weighted by molar-refractivity contribution is -0.137. The Bertz CT molecular complexity index is 963. The number of pyridine rings is 1. The molecule has 2 amide bonds. The fraction of sp³-hybridized carbons (Fsp3) is 0.500. The summed E-state index contributed by atoms with van der Waals surface area (Å²) in [6, 6.07) is 9.06. The monoisotopic (exact) mass is 446 g/mol. The number of fused-ring (bicyclic) bond motifs is 1. The van der Waals surface area contributed by atoms with E-state index < -0.39 is 11.7 Å². The second-order valence-electron chi connectivity index (χ2n) is 8.45. The lowest BCUT2D eigenvalue weighted by Crippen LogP contribution is -2.35. The Hall–Kier alpha value is -2.77. The van der Waals surface area contributed by atoms with Gasteiger partial charge in [0.2, 0.25) is 0 Å². The summed E-state index contributed by atoms with van der Waals surface area (Å²) in [5, 5.41) is 3.34. The smallest absolute Gasteiger partial charge is 0.370 e. The van der Waals surface area contributed by atoms with Crippen LogP contribution in [0.5, 0.6) is 0 Å². The Morgan fingerprint density at radius 2 is 2.03 bits per heavy atom. The van der Waals surface area contributed by atoms with E-state index in [1.54, 1.807) is 15.9 Å². The minimum absolute atomic E-state index is 0.102. The molecule has 2 aliphatic rings. The third-order valence-corrected chi connectivity index (χ3v) is 6.30. The number of rotatable bonds is 7. The highest BCUT2D eigenvalue weighted by Crippen LogP contribution is 2.34. The second-order valence-corrected chi connectivity index (χ2v) is 8.45. The van der Waals surface area contributed by atoms with Crippen molar-refractivity contribution in [2.45, 2.75) is 51.2 Å². The van der Waals surface area contributed by atoms with E-state index in [-0.39, 0.29) is 12.1 Å². The van der Waals surface area contributed by atoms with Gasteiger partial charge in [-0.25, -0.2) is 9.78 Å². The van der Waals surface area contributed by atoms with E-state index in [0.717, 1.165) is 49.8 Å². The van der Waals surface area contributed by atoms with Gasteiger partial charge in [-0.1, -0.05) is 25.1 Å². The average molecular weight is 447 g/mol. The van der Waals surface area contributed by atoms with Crippen LogP contribution in [0.3, 0.4) is 0 Å². The minimum atomic E-state index is -4.39. The lowest BCUT2D eigenvalue weighted by Gasteiger charge is -2.28. The van der Waals surface area contributed by atoms with Crippen molar-refractivity contribution in [2.75, 3.05) is 31.5 Å². The maximum absolute atomic E-state index is 13.1. The van der Waals surface area contributed by atoms with Crippen molar-refractivity contribution in [3.05, 3.63) is 58.8 Å². The van der Waals surface area contributed by atoms with Crippen LogP contribution >= 0.6 is 0 Å². The van der Waals surface area contributed by atoms with E-state index in [1.807, 2.05) is 6.92 Å². The number of amides is 2. The maximum atomic E-state index is 13.1. The molecule has 2 aliphatic heterocycles. The summed E-state index contributed by atoms with van der Waals surface area (Å²) >= 11 is 0. The van der Waals surface area contributed by atoms with E-state index in [2.05, 4.69) is 17.4 Å². The molecule has 172 valence electrons. The normalized spacial score (nSPS) is 17.3. The first-order valence-electron chi connectivity index (χ1n) is 11.3. The number of benzene rings is 1. The largest absolute Gasteiger partial charge is 0.416 e. The number of alkyl halides is 3. The second kappa shape index (κ2) is 9.38. The standard InChI is InChI=1S/C24H29F3N4O/c1-2-21(18-6-3-8-19(16-18)24(25,26)27)31-15-14-30(23(31)32)13-5-9-20-11-10-17-7-4-12-28-22(17)29-20/h3,6,8,10-11,16,21H,2,4-5,7,9,12-15H2,1H3,(H,28,29)/t21-/m0/s1.